The molecular formula is C21H20N8O4. The van der Waals surface area contributed by atoms with Crippen molar-refractivity contribution in [3.05, 3.63) is 66.1 Å². The number of para-hydroxylation sites is 1. The minimum Gasteiger partial charge on any atom is -0.467 e. The summed E-state index contributed by atoms with van der Waals surface area (Å²) >= 11 is 0. The van der Waals surface area contributed by atoms with E-state index in [2.05, 4.69) is 35.8 Å². The molecule has 1 atom stereocenters. The van der Waals surface area contributed by atoms with Crippen molar-refractivity contribution >= 4 is 28.7 Å². The van der Waals surface area contributed by atoms with Gasteiger partial charge in [0.05, 0.1) is 7.11 Å². The van der Waals surface area contributed by atoms with Gasteiger partial charge in [-0.1, -0.05) is 18.2 Å². The topological polar surface area (TPSA) is 170 Å². The molecule has 12 nitrogen and oxygen atoms in total. The number of esters is 1. The summed E-state index contributed by atoms with van der Waals surface area (Å²) in [5.74, 6) is -1.28. The van der Waals surface area contributed by atoms with Gasteiger partial charge in [-0.05, 0) is 23.8 Å². The van der Waals surface area contributed by atoms with Crippen LogP contribution in [0.2, 0.25) is 0 Å². The molecule has 1 aromatic carbocycles. The number of ether oxygens (including phenoxy) is 2. The highest BCUT2D eigenvalue weighted by molar-refractivity contribution is 5.94. The lowest BCUT2D eigenvalue weighted by Crippen LogP contribution is -2.36. The Bertz CT molecular complexity index is 1280. The number of hydrogen-bond donors (Lipinski definition) is 4. The number of rotatable bonds is 8. The normalized spacial score (nSPS) is 11.6. The second kappa shape index (κ2) is 9.70. The van der Waals surface area contributed by atoms with Crippen LogP contribution in [0.3, 0.4) is 0 Å². The van der Waals surface area contributed by atoms with Crippen LogP contribution in [0, 0.1) is 0 Å². The number of hydrazine groups is 1. The molecule has 0 spiro atoms. The summed E-state index contributed by atoms with van der Waals surface area (Å²) in [6, 6.07) is 9.34. The molecular weight excluding hydrogens is 428 g/mol. The number of nitrogens with zero attached hydrogens (tertiary/aromatic N) is 4. The zero-order valence-electron chi connectivity index (χ0n) is 17.5. The van der Waals surface area contributed by atoms with E-state index in [1.165, 1.54) is 31.6 Å². The van der Waals surface area contributed by atoms with Crippen molar-refractivity contribution in [1.82, 2.24) is 30.3 Å². The fourth-order valence-corrected chi connectivity index (χ4v) is 3.01. The van der Waals surface area contributed by atoms with Gasteiger partial charge in [0.15, 0.2) is 0 Å². The SMILES string of the molecule is COc1nc(NNC(=O)c2ccncc2)nc(OC(=O)C(N)Cc2c[nH]c3ccccc23)n1. The summed E-state index contributed by atoms with van der Waals surface area (Å²) in [5.41, 5.74) is 13.2. The number of nitrogens with two attached hydrogens (primary N) is 1. The molecule has 5 N–H and O–H groups in total. The number of anilines is 1. The highest BCUT2D eigenvalue weighted by atomic mass is 16.6. The molecule has 0 aliphatic rings. The number of aromatic nitrogens is 5. The van der Waals surface area contributed by atoms with E-state index in [-0.39, 0.29) is 24.4 Å². The predicted molar refractivity (Wildman–Crippen MR) is 117 cm³/mol. The summed E-state index contributed by atoms with van der Waals surface area (Å²) in [6.45, 7) is 0. The molecule has 0 aliphatic carbocycles. The Morgan fingerprint density at radius 1 is 1.09 bits per heavy atom. The minimum absolute atomic E-state index is 0.0998. The molecule has 0 aliphatic heterocycles. The van der Waals surface area contributed by atoms with E-state index in [4.69, 9.17) is 15.2 Å². The van der Waals surface area contributed by atoms with Crippen LogP contribution >= 0.6 is 0 Å². The van der Waals surface area contributed by atoms with Crippen molar-refractivity contribution in [3.63, 3.8) is 0 Å². The molecule has 0 fully saturated rings. The smallest absolute Gasteiger partial charge is 0.332 e. The summed E-state index contributed by atoms with van der Waals surface area (Å²) < 4.78 is 10.2. The average molecular weight is 448 g/mol. The maximum absolute atomic E-state index is 12.5. The lowest BCUT2D eigenvalue weighted by molar-refractivity contribution is -0.136. The zero-order valence-corrected chi connectivity index (χ0v) is 17.5. The predicted octanol–water partition coefficient (Wildman–Crippen LogP) is 0.989. The second-order valence-electron chi connectivity index (χ2n) is 6.83. The highest BCUT2D eigenvalue weighted by Crippen LogP contribution is 2.19. The lowest BCUT2D eigenvalue weighted by Gasteiger charge is -2.12. The quantitative estimate of drug-likeness (QED) is 0.225. The van der Waals surface area contributed by atoms with Crippen LogP contribution in [0.4, 0.5) is 5.95 Å². The first-order valence-corrected chi connectivity index (χ1v) is 9.82. The van der Waals surface area contributed by atoms with Crippen LogP contribution in [0.25, 0.3) is 10.9 Å². The summed E-state index contributed by atoms with van der Waals surface area (Å²) in [6.07, 6.45) is 5.02. The van der Waals surface area contributed by atoms with Gasteiger partial charge in [-0.25, -0.2) is 4.79 Å². The van der Waals surface area contributed by atoms with Crippen molar-refractivity contribution in [1.29, 1.82) is 0 Å². The Labute approximate surface area is 187 Å². The van der Waals surface area contributed by atoms with Gasteiger partial charge >= 0.3 is 18.0 Å². The lowest BCUT2D eigenvalue weighted by atomic mass is 10.1. The number of H-pyrrole nitrogens is 1. The Balaban J connectivity index is 1.42. The van der Waals surface area contributed by atoms with Gasteiger partial charge in [0, 0.05) is 41.5 Å². The standard InChI is InChI=1S/C21H20N8O4/c1-32-20-25-19(29-28-17(30)12-6-8-23-9-7-12)26-21(27-20)33-18(31)15(22)10-13-11-24-16-5-3-2-4-14(13)16/h2-9,11,15,24H,10,22H2,1H3,(H,28,30)(H,25,26,27,29). The first kappa shape index (κ1) is 21.6. The third kappa shape index (κ3) is 5.19. The number of hydrogen-bond acceptors (Lipinski definition) is 10. The second-order valence-corrected chi connectivity index (χ2v) is 6.83. The van der Waals surface area contributed by atoms with Gasteiger partial charge in [0.1, 0.15) is 6.04 Å². The zero-order chi connectivity index (χ0) is 23.2. The maximum atomic E-state index is 12.5. The van der Waals surface area contributed by atoms with Gasteiger partial charge in [-0.3, -0.25) is 20.6 Å². The van der Waals surface area contributed by atoms with Gasteiger partial charge in [0.2, 0.25) is 0 Å². The molecule has 0 saturated carbocycles. The fraction of sp³-hybridized carbons (Fsp3) is 0.143. The number of benzene rings is 1. The van der Waals surface area contributed by atoms with Gasteiger partial charge in [-0.2, -0.15) is 9.97 Å². The van der Waals surface area contributed by atoms with Crippen molar-refractivity contribution in [2.45, 2.75) is 12.5 Å². The summed E-state index contributed by atoms with van der Waals surface area (Å²) in [7, 11) is 1.34. The third-order valence-electron chi connectivity index (χ3n) is 4.62. The van der Waals surface area contributed by atoms with Crippen LogP contribution in [-0.2, 0) is 11.2 Å². The molecule has 1 unspecified atom stereocenters. The van der Waals surface area contributed by atoms with E-state index in [0.29, 0.717) is 5.56 Å². The van der Waals surface area contributed by atoms with E-state index in [1.807, 2.05) is 24.3 Å². The Morgan fingerprint density at radius 3 is 2.64 bits per heavy atom. The van der Waals surface area contributed by atoms with Crippen molar-refractivity contribution in [3.8, 4) is 12.0 Å². The minimum atomic E-state index is -0.963. The van der Waals surface area contributed by atoms with E-state index in [1.54, 1.807) is 6.20 Å². The number of fused-ring (bicyclic) bond motifs is 1. The van der Waals surface area contributed by atoms with Crippen LogP contribution in [0.5, 0.6) is 12.0 Å². The summed E-state index contributed by atoms with van der Waals surface area (Å²) in [5, 5.41) is 0.971. The molecule has 12 heteroatoms. The average Bonchev–Trinajstić information content (AvgIpc) is 3.25. The van der Waals surface area contributed by atoms with Gasteiger partial charge < -0.3 is 20.2 Å². The van der Waals surface area contributed by atoms with Crippen LogP contribution < -0.4 is 26.1 Å². The molecule has 3 aromatic heterocycles. The van der Waals surface area contributed by atoms with Crippen LogP contribution in [-0.4, -0.2) is 49.9 Å². The van der Waals surface area contributed by atoms with Crippen molar-refractivity contribution < 1.29 is 19.1 Å². The maximum Gasteiger partial charge on any atom is 0.332 e. The number of pyridine rings is 1. The fourth-order valence-electron chi connectivity index (χ4n) is 3.01. The largest absolute Gasteiger partial charge is 0.467 e. The molecule has 4 aromatic rings. The molecule has 0 radical (unpaired) electrons. The van der Waals surface area contributed by atoms with Crippen molar-refractivity contribution in [2.75, 3.05) is 12.5 Å². The van der Waals surface area contributed by atoms with Gasteiger partial charge in [0.25, 0.3) is 11.9 Å². The first-order valence-electron chi connectivity index (χ1n) is 9.82. The van der Waals surface area contributed by atoms with Gasteiger partial charge in [-0.15, -0.1) is 4.98 Å². The van der Waals surface area contributed by atoms with E-state index < -0.39 is 17.9 Å². The molecule has 1 amide bonds. The molecule has 3 heterocycles. The van der Waals surface area contributed by atoms with Crippen LogP contribution in [0.1, 0.15) is 15.9 Å². The van der Waals surface area contributed by atoms with E-state index in [9.17, 15) is 9.59 Å². The molecule has 0 saturated heterocycles. The number of nitrogens with one attached hydrogen (secondary N) is 3. The molecule has 4 rings (SSSR count). The number of carbonyl (C=O) groups is 2. The Morgan fingerprint density at radius 2 is 1.85 bits per heavy atom. The summed E-state index contributed by atoms with van der Waals surface area (Å²) in [4.78, 5) is 43.5. The number of methoxy groups -OCH3 is 1. The third-order valence-corrected chi connectivity index (χ3v) is 4.62. The van der Waals surface area contributed by atoms with E-state index in [0.717, 1.165) is 16.5 Å². The number of aromatic amines is 1. The molecule has 33 heavy (non-hydrogen) atoms. The highest BCUT2D eigenvalue weighted by Gasteiger charge is 2.21. The van der Waals surface area contributed by atoms with Crippen LogP contribution in [0.15, 0.2) is 55.0 Å². The number of carbonyl (C=O) groups excluding carboxylic acids is 2. The number of amides is 1. The van der Waals surface area contributed by atoms with E-state index >= 15 is 0 Å². The Hall–Kier alpha value is -4.58. The molecule has 168 valence electrons. The first-order chi connectivity index (χ1) is 16.0. The molecule has 0 bridgehead atoms. The monoisotopic (exact) mass is 448 g/mol. The Kier molecular flexibility index (Phi) is 6.36. The van der Waals surface area contributed by atoms with Crippen molar-refractivity contribution in [2.24, 2.45) is 5.73 Å².